The second-order valence-corrected chi connectivity index (χ2v) is 5.71. The van der Waals surface area contributed by atoms with Gasteiger partial charge in [0.1, 0.15) is 0 Å². The van der Waals surface area contributed by atoms with Crippen molar-refractivity contribution in [1.29, 1.82) is 0 Å². The lowest BCUT2D eigenvalue weighted by Gasteiger charge is -2.25. The third kappa shape index (κ3) is 3.59. The van der Waals surface area contributed by atoms with Gasteiger partial charge in [-0.15, -0.1) is 0 Å². The van der Waals surface area contributed by atoms with Crippen LogP contribution in [0.3, 0.4) is 0 Å². The summed E-state index contributed by atoms with van der Waals surface area (Å²) in [5.41, 5.74) is 9.81. The Balaban J connectivity index is 2.18. The summed E-state index contributed by atoms with van der Waals surface area (Å²) in [6.45, 7) is 4.23. The van der Waals surface area contributed by atoms with Gasteiger partial charge in [0.2, 0.25) is 0 Å². The predicted molar refractivity (Wildman–Crippen MR) is 82.5 cm³/mol. The number of aryl methyl sites for hydroxylation is 1. The molecule has 0 saturated carbocycles. The van der Waals surface area contributed by atoms with Crippen LogP contribution in [0.15, 0.2) is 48.5 Å². The Morgan fingerprint density at radius 3 is 2.00 bits per heavy atom. The molecular formula is C17H20ClN. The van der Waals surface area contributed by atoms with Crippen LogP contribution < -0.4 is 5.73 Å². The van der Waals surface area contributed by atoms with Crippen LogP contribution in [-0.2, 0) is 18.4 Å². The second-order valence-electron chi connectivity index (χ2n) is 5.27. The molecule has 1 unspecified atom stereocenters. The first-order valence-corrected chi connectivity index (χ1v) is 7.02. The first kappa shape index (κ1) is 14.1. The van der Waals surface area contributed by atoms with Gasteiger partial charge in [-0.05, 0) is 48.6 Å². The molecule has 2 rings (SSSR count). The molecule has 0 amide bonds. The number of rotatable bonds is 4. The maximum atomic E-state index is 6.47. The normalized spacial score (nSPS) is 14.1. The van der Waals surface area contributed by atoms with E-state index in [1.165, 1.54) is 16.7 Å². The lowest BCUT2D eigenvalue weighted by atomic mass is 9.86. The van der Waals surface area contributed by atoms with Gasteiger partial charge in [0.15, 0.2) is 0 Å². The molecule has 0 aliphatic rings. The minimum atomic E-state index is -0.361. The highest BCUT2D eigenvalue weighted by Gasteiger charge is 2.21. The van der Waals surface area contributed by atoms with Crippen LogP contribution in [0.5, 0.6) is 0 Å². The Labute approximate surface area is 120 Å². The van der Waals surface area contributed by atoms with E-state index in [1.54, 1.807) is 0 Å². The number of halogens is 1. The van der Waals surface area contributed by atoms with E-state index < -0.39 is 0 Å². The molecule has 0 saturated heterocycles. The van der Waals surface area contributed by atoms with E-state index in [2.05, 4.69) is 38.1 Å². The van der Waals surface area contributed by atoms with Crippen LogP contribution in [0.4, 0.5) is 0 Å². The molecule has 0 aliphatic carbocycles. The number of nitrogens with two attached hydrogens (primary N) is 1. The van der Waals surface area contributed by atoms with Crippen LogP contribution >= 0.6 is 11.6 Å². The third-order valence-electron chi connectivity index (χ3n) is 3.51. The third-order valence-corrected chi connectivity index (χ3v) is 3.76. The molecule has 0 spiro atoms. The summed E-state index contributed by atoms with van der Waals surface area (Å²) in [6.07, 6.45) is 1.86. The lowest BCUT2D eigenvalue weighted by Crippen LogP contribution is -2.35. The van der Waals surface area contributed by atoms with Crippen molar-refractivity contribution in [1.82, 2.24) is 0 Å². The molecule has 0 aromatic heterocycles. The monoisotopic (exact) mass is 273 g/mol. The summed E-state index contributed by atoms with van der Waals surface area (Å²) in [4.78, 5) is 0. The SMILES string of the molecule is CCc1ccc(C(C)(N)Cc2ccc(Cl)cc2)cc1. The predicted octanol–water partition coefficient (Wildman–Crippen LogP) is 4.32. The van der Waals surface area contributed by atoms with E-state index in [0.717, 1.165) is 17.9 Å². The van der Waals surface area contributed by atoms with Crippen LogP contribution in [-0.4, -0.2) is 0 Å². The summed E-state index contributed by atoms with van der Waals surface area (Å²) in [7, 11) is 0. The zero-order valence-electron chi connectivity index (χ0n) is 11.5. The Kier molecular flexibility index (Phi) is 4.28. The molecule has 0 aliphatic heterocycles. The van der Waals surface area contributed by atoms with E-state index >= 15 is 0 Å². The molecule has 0 bridgehead atoms. The van der Waals surface area contributed by atoms with Crippen LogP contribution in [0, 0.1) is 0 Å². The quantitative estimate of drug-likeness (QED) is 0.882. The van der Waals surface area contributed by atoms with Gasteiger partial charge in [0, 0.05) is 10.6 Å². The smallest absolute Gasteiger partial charge is 0.0421 e. The van der Waals surface area contributed by atoms with Crippen molar-refractivity contribution >= 4 is 11.6 Å². The molecule has 2 heteroatoms. The van der Waals surface area contributed by atoms with Crippen molar-refractivity contribution in [3.05, 3.63) is 70.2 Å². The molecule has 2 aromatic rings. The van der Waals surface area contributed by atoms with Crippen molar-refractivity contribution in [3.63, 3.8) is 0 Å². The molecule has 1 atom stereocenters. The van der Waals surface area contributed by atoms with Gasteiger partial charge in [0.25, 0.3) is 0 Å². The largest absolute Gasteiger partial charge is 0.321 e. The van der Waals surface area contributed by atoms with Gasteiger partial charge in [-0.3, -0.25) is 0 Å². The fraction of sp³-hybridized carbons (Fsp3) is 0.294. The van der Waals surface area contributed by atoms with Crippen LogP contribution in [0.1, 0.15) is 30.5 Å². The zero-order valence-corrected chi connectivity index (χ0v) is 12.2. The highest BCUT2D eigenvalue weighted by Crippen LogP contribution is 2.24. The molecule has 100 valence electrons. The van der Waals surface area contributed by atoms with Gasteiger partial charge in [0.05, 0.1) is 0 Å². The maximum Gasteiger partial charge on any atom is 0.0421 e. The fourth-order valence-electron chi connectivity index (χ4n) is 2.25. The Morgan fingerprint density at radius 1 is 0.947 bits per heavy atom. The first-order valence-electron chi connectivity index (χ1n) is 6.64. The number of hydrogen-bond acceptors (Lipinski definition) is 1. The Morgan fingerprint density at radius 2 is 1.47 bits per heavy atom. The van der Waals surface area contributed by atoms with E-state index in [4.69, 9.17) is 17.3 Å². The average Bonchev–Trinajstić information content (AvgIpc) is 2.41. The average molecular weight is 274 g/mol. The summed E-state index contributed by atoms with van der Waals surface area (Å²) in [6, 6.07) is 16.5. The van der Waals surface area contributed by atoms with Crippen LogP contribution in [0.25, 0.3) is 0 Å². The molecule has 0 radical (unpaired) electrons. The molecule has 19 heavy (non-hydrogen) atoms. The molecule has 0 heterocycles. The van der Waals surface area contributed by atoms with Crippen molar-refractivity contribution in [2.45, 2.75) is 32.2 Å². The number of hydrogen-bond donors (Lipinski definition) is 1. The maximum absolute atomic E-state index is 6.47. The van der Waals surface area contributed by atoms with Crippen LogP contribution in [0.2, 0.25) is 5.02 Å². The van der Waals surface area contributed by atoms with Crippen molar-refractivity contribution in [3.8, 4) is 0 Å². The Bertz CT molecular complexity index is 526. The van der Waals surface area contributed by atoms with E-state index in [-0.39, 0.29) is 5.54 Å². The highest BCUT2D eigenvalue weighted by molar-refractivity contribution is 6.30. The van der Waals surface area contributed by atoms with Gasteiger partial charge in [-0.1, -0.05) is 54.9 Å². The first-order chi connectivity index (χ1) is 9.01. The topological polar surface area (TPSA) is 26.0 Å². The van der Waals surface area contributed by atoms with E-state index in [9.17, 15) is 0 Å². The molecule has 2 aromatic carbocycles. The van der Waals surface area contributed by atoms with Crippen molar-refractivity contribution in [2.75, 3.05) is 0 Å². The van der Waals surface area contributed by atoms with Crippen molar-refractivity contribution in [2.24, 2.45) is 5.73 Å². The Hall–Kier alpha value is -1.31. The van der Waals surface area contributed by atoms with Gasteiger partial charge in [-0.2, -0.15) is 0 Å². The zero-order chi connectivity index (χ0) is 13.9. The van der Waals surface area contributed by atoms with Gasteiger partial charge in [-0.25, -0.2) is 0 Å². The molecular weight excluding hydrogens is 254 g/mol. The summed E-state index contributed by atoms with van der Waals surface area (Å²) in [5.74, 6) is 0. The molecule has 2 N–H and O–H groups in total. The summed E-state index contributed by atoms with van der Waals surface area (Å²) in [5, 5.41) is 0.759. The minimum absolute atomic E-state index is 0.361. The minimum Gasteiger partial charge on any atom is -0.321 e. The van der Waals surface area contributed by atoms with Gasteiger partial charge >= 0.3 is 0 Å². The molecule has 1 nitrogen and oxygen atoms in total. The number of benzene rings is 2. The molecule has 0 fully saturated rings. The van der Waals surface area contributed by atoms with Crippen molar-refractivity contribution < 1.29 is 0 Å². The van der Waals surface area contributed by atoms with E-state index in [1.807, 2.05) is 24.3 Å². The van der Waals surface area contributed by atoms with E-state index in [0.29, 0.717) is 0 Å². The highest BCUT2D eigenvalue weighted by atomic mass is 35.5. The summed E-state index contributed by atoms with van der Waals surface area (Å²) < 4.78 is 0. The lowest BCUT2D eigenvalue weighted by molar-refractivity contribution is 0.491. The second kappa shape index (κ2) is 5.77. The standard InChI is InChI=1S/C17H20ClN/c1-3-13-4-8-15(9-5-13)17(2,19)12-14-6-10-16(18)11-7-14/h4-11H,3,12,19H2,1-2H3. The summed E-state index contributed by atoms with van der Waals surface area (Å²) >= 11 is 5.90. The van der Waals surface area contributed by atoms with Gasteiger partial charge < -0.3 is 5.73 Å². The fourth-order valence-corrected chi connectivity index (χ4v) is 2.38.